The van der Waals surface area contributed by atoms with Gasteiger partial charge in [0.15, 0.2) is 18.1 Å². The third kappa shape index (κ3) is 4.53. The number of halogens is 2. The lowest BCUT2D eigenvalue weighted by Gasteiger charge is -2.13. The van der Waals surface area contributed by atoms with E-state index in [1.807, 2.05) is 0 Å². The van der Waals surface area contributed by atoms with Crippen molar-refractivity contribution in [1.82, 2.24) is 0 Å². The van der Waals surface area contributed by atoms with Crippen molar-refractivity contribution in [2.75, 3.05) is 19.0 Å². The molecule has 2 aromatic carbocycles. The van der Waals surface area contributed by atoms with Crippen LogP contribution >= 0.6 is 15.9 Å². The summed E-state index contributed by atoms with van der Waals surface area (Å²) in [4.78, 5) is 22.7. The molecule has 0 aliphatic rings. The summed E-state index contributed by atoms with van der Waals surface area (Å²) in [5, 5.41) is 2.58. The molecule has 1 amide bonds. The maximum absolute atomic E-state index is 12.8. The minimum absolute atomic E-state index is 0.271. The SMILES string of the molecule is COc1cc(C=O)cc(Br)c1OCC(=O)Nc1ccc(F)cc1. The zero-order chi connectivity index (χ0) is 16.8. The van der Waals surface area contributed by atoms with Crippen LogP contribution in [0.5, 0.6) is 11.5 Å². The lowest BCUT2D eigenvalue weighted by Crippen LogP contribution is -2.20. The number of amides is 1. The highest BCUT2D eigenvalue weighted by Crippen LogP contribution is 2.36. The van der Waals surface area contributed by atoms with Crippen molar-refractivity contribution >= 4 is 33.8 Å². The standard InChI is InChI=1S/C16H13BrFNO4/c1-22-14-7-10(8-20)6-13(17)16(14)23-9-15(21)19-12-4-2-11(18)3-5-12/h2-8H,9H2,1H3,(H,19,21). The van der Waals surface area contributed by atoms with Crippen LogP contribution in [0.3, 0.4) is 0 Å². The molecule has 7 heteroatoms. The summed E-state index contributed by atoms with van der Waals surface area (Å²) in [6, 6.07) is 8.45. The van der Waals surface area contributed by atoms with E-state index < -0.39 is 5.91 Å². The highest BCUT2D eigenvalue weighted by atomic mass is 79.9. The Labute approximate surface area is 140 Å². The maximum atomic E-state index is 12.8. The van der Waals surface area contributed by atoms with Crippen molar-refractivity contribution in [3.8, 4) is 11.5 Å². The molecule has 0 aromatic heterocycles. The van der Waals surface area contributed by atoms with Crippen LogP contribution in [0.1, 0.15) is 10.4 Å². The molecular weight excluding hydrogens is 369 g/mol. The molecule has 23 heavy (non-hydrogen) atoms. The normalized spacial score (nSPS) is 10.0. The van der Waals surface area contributed by atoms with Gasteiger partial charge < -0.3 is 14.8 Å². The van der Waals surface area contributed by atoms with E-state index in [2.05, 4.69) is 21.2 Å². The molecule has 0 radical (unpaired) electrons. The predicted molar refractivity (Wildman–Crippen MR) is 86.6 cm³/mol. The Morgan fingerprint density at radius 2 is 2.00 bits per heavy atom. The number of methoxy groups -OCH3 is 1. The number of ether oxygens (including phenoxy) is 2. The average molecular weight is 382 g/mol. The van der Waals surface area contributed by atoms with Crippen LogP contribution in [0, 0.1) is 5.82 Å². The van der Waals surface area contributed by atoms with Gasteiger partial charge in [0.05, 0.1) is 11.6 Å². The van der Waals surface area contributed by atoms with E-state index >= 15 is 0 Å². The Morgan fingerprint density at radius 1 is 1.30 bits per heavy atom. The van der Waals surface area contributed by atoms with Crippen LogP contribution in [0.15, 0.2) is 40.9 Å². The molecule has 2 aromatic rings. The minimum atomic E-state index is -0.412. The molecule has 0 heterocycles. The number of anilines is 1. The summed E-state index contributed by atoms with van der Waals surface area (Å²) in [7, 11) is 1.43. The van der Waals surface area contributed by atoms with Crippen LogP contribution in [0.4, 0.5) is 10.1 Å². The fourth-order valence-corrected chi connectivity index (χ4v) is 2.39. The van der Waals surface area contributed by atoms with Gasteiger partial charge in [-0.15, -0.1) is 0 Å². The molecule has 0 aliphatic carbocycles. The first-order chi connectivity index (χ1) is 11.0. The molecule has 5 nitrogen and oxygen atoms in total. The Hall–Kier alpha value is -2.41. The molecule has 0 bridgehead atoms. The van der Waals surface area contributed by atoms with E-state index in [4.69, 9.17) is 9.47 Å². The monoisotopic (exact) mass is 381 g/mol. The molecule has 1 N–H and O–H groups in total. The van der Waals surface area contributed by atoms with Gasteiger partial charge in [0.2, 0.25) is 0 Å². The van der Waals surface area contributed by atoms with Gasteiger partial charge in [0.25, 0.3) is 5.91 Å². The Bertz CT molecular complexity index is 719. The first kappa shape index (κ1) is 17.0. The number of carbonyl (C=O) groups excluding carboxylic acids is 2. The van der Waals surface area contributed by atoms with Crippen LogP contribution in [-0.2, 0) is 4.79 Å². The van der Waals surface area contributed by atoms with Crippen LogP contribution in [0.2, 0.25) is 0 Å². The van der Waals surface area contributed by atoms with E-state index in [1.54, 1.807) is 6.07 Å². The zero-order valence-electron chi connectivity index (χ0n) is 12.1. The first-order valence-electron chi connectivity index (χ1n) is 6.54. The molecule has 0 aliphatic heterocycles. The Balaban J connectivity index is 2.04. The van der Waals surface area contributed by atoms with Gasteiger partial charge >= 0.3 is 0 Å². The lowest BCUT2D eigenvalue weighted by molar-refractivity contribution is -0.118. The van der Waals surface area contributed by atoms with Gasteiger partial charge in [-0.05, 0) is 52.3 Å². The number of hydrogen-bond donors (Lipinski definition) is 1. The van der Waals surface area contributed by atoms with Crippen LogP contribution in [0.25, 0.3) is 0 Å². The molecule has 120 valence electrons. The van der Waals surface area contributed by atoms with Crippen molar-refractivity contribution in [2.24, 2.45) is 0 Å². The predicted octanol–water partition coefficient (Wildman–Crippen LogP) is 3.43. The van der Waals surface area contributed by atoms with Gasteiger partial charge in [-0.25, -0.2) is 4.39 Å². The smallest absolute Gasteiger partial charge is 0.262 e. The molecule has 0 atom stereocenters. The third-order valence-corrected chi connectivity index (χ3v) is 3.45. The Morgan fingerprint density at radius 3 is 2.61 bits per heavy atom. The second-order valence-electron chi connectivity index (χ2n) is 4.50. The molecule has 2 rings (SSSR count). The van der Waals surface area contributed by atoms with Crippen LogP contribution < -0.4 is 14.8 Å². The van der Waals surface area contributed by atoms with Gasteiger partial charge in [-0.3, -0.25) is 9.59 Å². The van der Waals surface area contributed by atoms with Gasteiger partial charge in [0, 0.05) is 11.3 Å². The molecular formula is C16H13BrFNO4. The van der Waals surface area contributed by atoms with Crippen molar-refractivity contribution in [2.45, 2.75) is 0 Å². The quantitative estimate of drug-likeness (QED) is 0.778. The molecule has 0 spiro atoms. The second kappa shape index (κ2) is 7.73. The van der Waals surface area contributed by atoms with Crippen molar-refractivity contribution in [3.05, 3.63) is 52.3 Å². The van der Waals surface area contributed by atoms with E-state index in [-0.39, 0.29) is 12.4 Å². The van der Waals surface area contributed by atoms with E-state index in [1.165, 1.54) is 37.4 Å². The molecule has 0 saturated carbocycles. The second-order valence-corrected chi connectivity index (χ2v) is 5.35. The van der Waals surface area contributed by atoms with Crippen molar-refractivity contribution < 1.29 is 23.5 Å². The lowest BCUT2D eigenvalue weighted by atomic mass is 10.2. The maximum Gasteiger partial charge on any atom is 0.262 e. The molecule has 0 unspecified atom stereocenters. The van der Waals surface area contributed by atoms with Crippen LogP contribution in [-0.4, -0.2) is 25.9 Å². The molecule has 0 fully saturated rings. The van der Waals surface area contributed by atoms with Crippen molar-refractivity contribution in [1.29, 1.82) is 0 Å². The first-order valence-corrected chi connectivity index (χ1v) is 7.33. The number of hydrogen-bond acceptors (Lipinski definition) is 4. The van der Waals surface area contributed by atoms with E-state index in [9.17, 15) is 14.0 Å². The number of carbonyl (C=O) groups is 2. The summed E-state index contributed by atoms with van der Waals surface area (Å²) in [6.07, 6.45) is 0.679. The average Bonchev–Trinajstić information content (AvgIpc) is 2.55. The summed E-state index contributed by atoms with van der Waals surface area (Å²) >= 11 is 3.27. The summed E-state index contributed by atoms with van der Waals surface area (Å²) in [6.45, 7) is -0.271. The third-order valence-electron chi connectivity index (χ3n) is 2.86. The Kier molecular flexibility index (Phi) is 5.70. The number of benzene rings is 2. The summed E-state index contributed by atoms with van der Waals surface area (Å²) in [5.74, 6) is -0.156. The fraction of sp³-hybridized carbons (Fsp3) is 0.125. The number of rotatable bonds is 6. The van der Waals surface area contributed by atoms with E-state index in [0.29, 0.717) is 33.5 Å². The van der Waals surface area contributed by atoms with Gasteiger partial charge in [0.1, 0.15) is 12.1 Å². The number of aldehydes is 1. The van der Waals surface area contributed by atoms with Crippen molar-refractivity contribution in [3.63, 3.8) is 0 Å². The topological polar surface area (TPSA) is 64.6 Å². The fourth-order valence-electron chi connectivity index (χ4n) is 1.82. The minimum Gasteiger partial charge on any atom is -0.493 e. The summed E-state index contributed by atoms with van der Waals surface area (Å²) in [5.41, 5.74) is 0.874. The molecule has 0 saturated heterocycles. The number of nitrogens with one attached hydrogen (secondary N) is 1. The largest absolute Gasteiger partial charge is 0.493 e. The van der Waals surface area contributed by atoms with Gasteiger partial charge in [-0.1, -0.05) is 0 Å². The van der Waals surface area contributed by atoms with Gasteiger partial charge in [-0.2, -0.15) is 0 Å². The highest BCUT2D eigenvalue weighted by molar-refractivity contribution is 9.10. The zero-order valence-corrected chi connectivity index (χ0v) is 13.7. The van der Waals surface area contributed by atoms with E-state index in [0.717, 1.165) is 0 Å². The summed E-state index contributed by atoms with van der Waals surface area (Å²) < 4.78 is 23.9. The highest BCUT2D eigenvalue weighted by Gasteiger charge is 2.13.